The highest BCUT2D eigenvalue weighted by molar-refractivity contribution is 6.12. The zero-order valence-electron chi connectivity index (χ0n) is 35.1. The van der Waals surface area contributed by atoms with Crippen LogP contribution >= 0.6 is 0 Å². The van der Waals surface area contributed by atoms with Crippen LogP contribution in [0.2, 0.25) is 0 Å². The van der Waals surface area contributed by atoms with E-state index < -0.39 is 0 Å². The van der Waals surface area contributed by atoms with E-state index >= 15 is 0 Å². The molecule has 0 atom stereocenters. The molecule has 2 aliphatic rings. The highest BCUT2D eigenvalue weighted by atomic mass is 15.1. The van der Waals surface area contributed by atoms with Gasteiger partial charge in [-0.15, -0.1) is 0 Å². The molecule has 2 aliphatic carbocycles. The van der Waals surface area contributed by atoms with E-state index in [2.05, 4.69) is 219 Å². The second-order valence-electron chi connectivity index (χ2n) is 18.2. The van der Waals surface area contributed by atoms with Crippen molar-refractivity contribution < 1.29 is 0 Å². The maximum absolute atomic E-state index is 5.38. The van der Waals surface area contributed by atoms with Crippen LogP contribution in [0.25, 0.3) is 100 Å². The zero-order chi connectivity index (χ0) is 41.5. The van der Waals surface area contributed by atoms with Crippen molar-refractivity contribution >= 4 is 43.6 Å². The number of rotatable bonds is 4. The molecule has 0 saturated heterocycles. The molecule has 4 nitrogen and oxygen atoms in total. The average Bonchev–Trinajstić information content (AvgIpc) is 4.01. The highest BCUT2D eigenvalue weighted by Gasteiger charge is 2.44. The van der Waals surface area contributed by atoms with E-state index in [0.29, 0.717) is 0 Å². The zero-order valence-corrected chi connectivity index (χ0v) is 35.1. The van der Waals surface area contributed by atoms with Crippen molar-refractivity contribution in [2.75, 3.05) is 0 Å². The molecule has 0 saturated carbocycles. The fraction of sp³-hybridized carbons (Fsp3) is 0.103. The number of hydrogen-bond acceptors (Lipinski definition) is 2. The van der Waals surface area contributed by atoms with Crippen LogP contribution in [0, 0.1) is 0 Å². The second-order valence-corrected chi connectivity index (χ2v) is 18.2. The standard InChI is InChI=1S/C58H42N4/c1-57(2)45-33-44-46(34-43(45)53-39-25-13-11-23-37(39)41(31-47(53)57)55-59-49-27-15-17-29-51(49)61(55)35-19-7-5-8-20-35)58(3,4)48-32-42(38-24-12-14-26-40(38)54(44)48)56-60-50-28-16-18-30-52(50)62(56)36-21-9-6-10-22-36/h5-34H,1-4H3. The Kier molecular flexibility index (Phi) is 7.10. The van der Waals surface area contributed by atoms with Crippen LogP contribution in [0.3, 0.4) is 0 Å². The molecule has 0 fully saturated rings. The SMILES string of the molecule is CC1(C)c2cc3c(cc2-c2c1cc(-c1nc4ccccc4n1-c1ccccc1)c1ccccc21)C(C)(C)c1cc(-c2nc4ccccc4n2-c2ccccc2)c2ccccc2c1-3. The minimum Gasteiger partial charge on any atom is -0.292 e. The topological polar surface area (TPSA) is 35.6 Å². The molecule has 62 heavy (non-hydrogen) atoms. The van der Waals surface area contributed by atoms with Gasteiger partial charge in [0.05, 0.1) is 22.1 Å². The fourth-order valence-electron chi connectivity index (χ4n) is 11.1. The summed E-state index contributed by atoms with van der Waals surface area (Å²) in [6.07, 6.45) is 0. The van der Waals surface area contributed by atoms with Gasteiger partial charge in [0.15, 0.2) is 0 Å². The average molecular weight is 795 g/mol. The molecular weight excluding hydrogens is 753 g/mol. The predicted molar refractivity (Wildman–Crippen MR) is 257 cm³/mol. The van der Waals surface area contributed by atoms with Gasteiger partial charge in [-0.2, -0.15) is 0 Å². The van der Waals surface area contributed by atoms with Gasteiger partial charge in [-0.05, 0) is 139 Å². The van der Waals surface area contributed by atoms with Crippen LogP contribution in [0.15, 0.2) is 182 Å². The summed E-state index contributed by atoms with van der Waals surface area (Å²) in [5, 5.41) is 4.95. The van der Waals surface area contributed by atoms with Crippen LogP contribution < -0.4 is 0 Å². The molecule has 4 heteroatoms. The normalized spacial score (nSPS) is 14.4. The molecule has 0 aliphatic heterocycles. The Labute approximate surface area is 360 Å². The summed E-state index contributed by atoms with van der Waals surface area (Å²) in [6, 6.07) is 66.3. The van der Waals surface area contributed by atoms with Gasteiger partial charge in [-0.1, -0.05) is 137 Å². The fourth-order valence-corrected chi connectivity index (χ4v) is 11.1. The number of benzene rings is 9. The van der Waals surface area contributed by atoms with Crippen LogP contribution in [-0.4, -0.2) is 19.1 Å². The summed E-state index contributed by atoms with van der Waals surface area (Å²) in [5.74, 6) is 1.92. The largest absolute Gasteiger partial charge is 0.292 e. The predicted octanol–water partition coefficient (Wildman–Crippen LogP) is 14.6. The van der Waals surface area contributed by atoms with E-state index in [1.165, 1.54) is 66.1 Å². The molecule has 0 spiro atoms. The third-order valence-corrected chi connectivity index (χ3v) is 14.1. The highest BCUT2D eigenvalue weighted by Crippen LogP contribution is 2.60. The lowest BCUT2D eigenvalue weighted by Crippen LogP contribution is -2.17. The first kappa shape index (κ1) is 35.2. The minimum absolute atomic E-state index is 0.273. The molecule has 0 unspecified atom stereocenters. The summed E-state index contributed by atoms with van der Waals surface area (Å²) < 4.78 is 4.67. The van der Waals surface area contributed by atoms with Gasteiger partial charge in [0.2, 0.25) is 0 Å². The number of imidazole rings is 2. The lowest BCUT2D eigenvalue weighted by Gasteiger charge is -2.24. The maximum Gasteiger partial charge on any atom is 0.146 e. The van der Waals surface area contributed by atoms with E-state index in [-0.39, 0.29) is 10.8 Å². The van der Waals surface area contributed by atoms with Crippen LogP contribution in [0.4, 0.5) is 0 Å². The van der Waals surface area contributed by atoms with Gasteiger partial charge in [0, 0.05) is 33.3 Å². The van der Waals surface area contributed by atoms with Crippen molar-refractivity contribution in [3.8, 4) is 56.4 Å². The molecule has 0 N–H and O–H groups in total. The Morgan fingerprint density at radius 3 is 1.10 bits per heavy atom. The molecule has 0 amide bonds. The van der Waals surface area contributed by atoms with E-state index in [1.807, 2.05) is 0 Å². The van der Waals surface area contributed by atoms with Gasteiger partial charge in [0.1, 0.15) is 11.6 Å². The van der Waals surface area contributed by atoms with Crippen molar-refractivity contribution in [3.63, 3.8) is 0 Å². The van der Waals surface area contributed by atoms with Gasteiger partial charge < -0.3 is 0 Å². The first-order valence-corrected chi connectivity index (χ1v) is 21.7. The lowest BCUT2D eigenvalue weighted by molar-refractivity contribution is 0.652. The van der Waals surface area contributed by atoms with Crippen LogP contribution in [-0.2, 0) is 10.8 Å². The van der Waals surface area contributed by atoms with Gasteiger partial charge in [0.25, 0.3) is 0 Å². The number of hydrogen-bond donors (Lipinski definition) is 0. The molecule has 2 aromatic heterocycles. The second kappa shape index (κ2) is 12.5. The number of fused-ring (bicyclic) bond motifs is 12. The van der Waals surface area contributed by atoms with Gasteiger partial charge in [-0.3, -0.25) is 9.13 Å². The van der Waals surface area contributed by atoms with E-state index in [9.17, 15) is 0 Å². The van der Waals surface area contributed by atoms with Crippen molar-refractivity contribution in [2.45, 2.75) is 38.5 Å². The van der Waals surface area contributed by atoms with Crippen molar-refractivity contribution in [2.24, 2.45) is 0 Å². The molecule has 0 bridgehead atoms. The van der Waals surface area contributed by atoms with Gasteiger partial charge >= 0.3 is 0 Å². The van der Waals surface area contributed by atoms with E-state index in [4.69, 9.17) is 9.97 Å². The van der Waals surface area contributed by atoms with Crippen molar-refractivity contribution in [1.82, 2.24) is 19.1 Å². The molecule has 13 rings (SSSR count). The van der Waals surface area contributed by atoms with Crippen molar-refractivity contribution in [3.05, 3.63) is 204 Å². The third kappa shape index (κ3) is 4.67. The summed E-state index contributed by atoms with van der Waals surface area (Å²) in [7, 11) is 0. The summed E-state index contributed by atoms with van der Waals surface area (Å²) in [6.45, 7) is 9.66. The molecule has 9 aromatic carbocycles. The smallest absolute Gasteiger partial charge is 0.146 e. The summed E-state index contributed by atoms with van der Waals surface area (Å²) in [5.41, 5.74) is 18.9. The summed E-state index contributed by atoms with van der Waals surface area (Å²) in [4.78, 5) is 10.8. The Bertz CT molecular complexity index is 3430. The molecule has 0 radical (unpaired) electrons. The Balaban J connectivity index is 1.04. The number of aromatic nitrogens is 4. The first-order valence-electron chi connectivity index (χ1n) is 21.7. The molecule has 2 heterocycles. The van der Waals surface area contributed by atoms with Crippen LogP contribution in [0.5, 0.6) is 0 Å². The van der Waals surface area contributed by atoms with E-state index in [0.717, 1.165) is 56.2 Å². The van der Waals surface area contributed by atoms with Crippen LogP contribution in [0.1, 0.15) is 49.9 Å². The van der Waals surface area contributed by atoms with Crippen molar-refractivity contribution in [1.29, 1.82) is 0 Å². The monoisotopic (exact) mass is 794 g/mol. The molecule has 294 valence electrons. The van der Waals surface area contributed by atoms with Gasteiger partial charge in [-0.25, -0.2) is 9.97 Å². The first-order chi connectivity index (χ1) is 30.3. The Morgan fingerprint density at radius 1 is 0.339 bits per heavy atom. The molecular formula is C58H42N4. The number of para-hydroxylation sites is 6. The number of nitrogens with zero attached hydrogens (tertiary/aromatic N) is 4. The Hall–Kier alpha value is -7.56. The quantitative estimate of drug-likeness (QED) is 0.178. The van der Waals surface area contributed by atoms with E-state index in [1.54, 1.807) is 0 Å². The lowest BCUT2D eigenvalue weighted by atomic mass is 9.79. The minimum atomic E-state index is -0.273. The Morgan fingerprint density at radius 2 is 0.677 bits per heavy atom. The maximum atomic E-state index is 5.38. The molecule has 11 aromatic rings. The summed E-state index contributed by atoms with van der Waals surface area (Å²) >= 11 is 0. The third-order valence-electron chi connectivity index (χ3n) is 14.1.